The normalized spacial score (nSPS) is 14.8. The van der Waals surface area contributed by atoms with Crippen LogP contribution in [0.25, 0.3) is 11.1 Å². The Labute approximate surface area is 219 Å². The highest BCUT2D eigenvalue weighted by molar-refractivity contribution is 5.90. The molecule has 0 aliphatic carbocycles. The number of carbonyl (C=O) groups is 3. The number of halogens is 4. The summed E-state index contributed by atoms with van der Waals surface area (Å²) in [5.74, 6) is -3.83. The van der Waals surface area contributed by atoms with Crippen LogP contribution < -0.4 is 15.5 Å². The molecule has 1 fully saturated rings. The Hall–Kier alpha value is -4.94. The van der Waals surface area contributed by atoms with Gasteiger partial charge in [-0.15, -0.1) is 0 Å². The van der Waals surface area contributed by atoms with Crippen LogP contribution in [0.2, 0.25) is 0 Å². The molecule has 0 saturated carbocycles. The van der Waals surface area contributed by atoms with Crippen LogP contribution >= 0.6 is 0 Å². The Kier molecular flexibility index (Phi) is 8.08. The van der Waals surface area contributed by atoms with E-state index in [0.717, 1.165) is 41.4 Å². The molecule has 0 radical (unpaired) electrons. The number of carbonyl (C=O) groups excluding carboxylic acids is 3. The van der Waals surface area contributed by atoms with E-state index < -0.39 is 47.1 Å². The average molecular weight is 544 g/mol. The lowest BCUT2D eigenvalue weighted by Crippen LogP contribution is -2.33. The Morgan fingerprint density at radius 3 is 2.38 bits per heavy atom. The summed E-state index contributed by atoms with van der Waals surface area (Å²) < 4.78 is 62.5. The fraction of sp³-hybridized carbons (Fsp3) is 0.154. The number of amides is 3. The van der Waals surface area contributed by atoms with E-state index in [4.69, 9.17) is 4.74 Å². The average Bonchev–Trinajstić information content (AvgIpc) is 3.25. The van der Waals surface area contributed by atoms with Gasteiger partial charge in [-0.25, -0.2) is 27.2 Å². The molecule has 1 atom stereocenters. The number of cyclic esters (lactones) is 1. The van der Waals surface area contributed by atoms with E-state index >= 15 is 0 Å². The van der Waals surface area contributed by atoms with E-state index in [9.17, 15) is 31.9 Å². The lowest BCUT2D eigenvalue weighted by molar-refractivity contribution is -0.119. The first-order chi connectivity index (χ1) is 18.6. The SMILES string of the molecule is CC(=O)NC[C@H]1CN(c2cc(F)c(-c3ccc(/C=N/OC(=O)Nc4ccc(F)cc4)c(F)c3)c(F)c2)C(=O)O1. The van der Waals surface area contributed by atoms with Gasteiger partial charge in [-0.1, -0.05) is 11.2 Å². The summed E-state index contributed by atoms with van der Waals surface area (Å²) in [5.41, 5.74) is -0.666. The summed E-state index contributed by atoms with van der Waals surface area (Å²) in [6.07, 6.45) is -1.66. The zero-order valence-corrected chi connectivity index (χ0v) is 20.2. The highest BCUT2D eigenvalue weighted by Crippen LogP contribution is 2.32. The van der Waals surface area contributed by atoms with Gasteiger partial charge in [0.2, 0.25) is 5.91 Å². The standard InChI is InChI=1S/C26H20F4N4O5/c1-14(35)31-12-20-13-34(26(37)38-20)19-9-22(29)24(23(30)10-19)15-2-3-16(21(28)8-15)11-32-39-25(36)33-18-6-4-17(27)5-7-18/h2-11,20H,12-13H2,1H3,(H,31,35)(H,33,36)/b32-11+/t20-/m0/s1. The van der Waals surface area contributed by atoms with Gasteiger partial charge in [0.1, 0.15) is 29.4 Å². The molecule has 4 rings (SSSR count). The maximum Gasteiger partial charge on any atom is 0.437 e. The molecular weight excluding hydrogens is 524 g/mol. The molecule has 9 nitrogen and oxygen atoms in total. The third-order valence-electron chi connectivity index (χ3n) is 5.50. The molecule has 3 aromatic carbocycles. The fourth-order valence-electron chi connectivity index (χ4n) is 3.68. The Morgan fingerprint density at radius 1 is 1.05 bits per heavy atom. The van der Waals surface area contributed by atoms with E-state index in [1.807, 2.05) is 0 Å². The first-order valence-electron chi connectivity index (χ1n) is 11.4. The van der Waals surface area contributed by atoms with Crippen LogP contribution in [0.15, 0.2) is 59.8 Å². The van der Waals surface area contributed by atoms with Crippen molar-refractivity contribution in [1.82, 2.24) is 5.32 Å². The van der Waals surface area contributed by atoms with Crippen LogP contribution in [0.5, 0.6) is 0 Å². The third kappa shape index (κ3) is 6.69. The van der Waals surface area contributed by atoms with Gasteiger partial charge in [0, 0.05) is 18.2 Å². The van der Waals surface area contributed by atoms with Gasteiger partial charge in [0.05, 0.1) is 30.6 Å². The molecule has 1 heterocycles. The van der Waals surface area contributed by atoms with E-state index in [2.05, 4.69) is 20.6 Å². The topological polar surface area (TPSA) is 109 Å². The van der Waals surface area contributed by atoms with Crippen molar-refractivity contribution in [3.05, 3.63) is 83.4 Å². The smallest absolute Gasteiger partial charge is 0.437 e. The zero-order chi connectivity index (χ0) is 28.1. The molecule has 3 aromatic rings. The molecule has 1 saturated heterocycles. The molecule has 0 aromatic heterocycles. The predicted molar refractivity (Wildman–Crippen MR) is 132 cm³/mol. The van der Waals surface area contributed by atoms with Crippen molar-refractivity contribution in [2.45, 2.75) is 13.0 Å². The highest BCUT2D eigenvalue weighted by Gasteiger charge is 2.33. The van der Waals surface area contributed by atoms with Crippen molar-refractivity contribution >= 4 is 35.7 Å². The van der Waals surface area contributed by atoms with Crippen LogP contribution in [-0.2, 0) is 14.4 Å². The quantitative estimate of drug-likeness (QED) is 0.189. The molecule has 0 bridgehead atoms. The number of rotatable bonds is 7. The predicted octanol–water partition coefficient (Wildman–Crippen LogP) is 4.95. The molecule has 0 unspecified atom stereocenters. The van der Waals surface area contributed by atoms with Gasteiger partial charge >= 0.3 is 12.2 Å². The first kappa shape index (κ1) is 27.1. The number of ether oxygens (including phenoxy) is 1. The monoisotopic (exact) mass is 544 g/mol. The molecule has 2 N–H and O–H groups in total. The van der Waals surface area contributed by atoms with Gasteiger partial charge in [-0.3, -0.25) is 19.8 Å². The highest BCUT2D eigenvalue weighted by atomic mass is 19.1. The molecule has 3 amide bonds. The summed E-state index contributed by atoms with van der Waals surface area (Å²) in [5, 5.41) is 8.16. The lowest BCUT2D eigenvalue weighted by Gasteiger charge is -2.15. The molecule has 0 spiro atoms. The molecule has 13 heteroatoms. The lowest BCUT2D eigenvalue weighted by atomic mass is 10.0. The van der Waals surface area contributed by atoms with Crippen LogP contribution in [0.3, 0.4) is 0 Å². The second kappa shape index (κ2) is 11.6. The fourth-order valence-corrected chi connectivity index (χ4v) is 3.68. The molecule has 202 valence electrons. The minimum absolute atomic E-state index is 0.0377. The number of benzene rings is 3. The minimum Gasteiger partial charge on any atom is -0.442 e. The number of anilines is 2. The summed E-state index contributed by atoms with van der Waals surface area (Å²) in [6.45, 7) is 1.30. The Bertz CT molecular complexity index is 1430. The van der Waals surface area contributed by atoms with Crippen molar-refractivity contribution in [1.29, 1.82) is 0 Å². The van der Waals surface area contributed by atoms with Crippen LogP contribution in [0, 0.1) is 23.3 Å². The third-order valence-corrected chi connectivity index (χ3v) is 5.50. The minimum atomic E-state index is -1.05. The van der Waals surface area contributed by atoms with Crippen LogP contribution in [0.4, 0.5) is 38.5 Å². The number of nitrogens with zero attached hydrogens (tertiary/aromatic N) is 2. The summed E-state index contributed by atoms with van der Waals surface area (Å²) in [6, 6.07) is 9.96. The van der Waals surface area contributed by atoms with Crippen molar-refractivity contribution < 1.29 is 41.5 Å². The molecule has 39 heavy (non-hydrogen) atoms. The first-order valence-corrected chi connectivity index (χ1v) is 11.4. The second-order valence-corrected chi connectivity index (χ2v) is 8.32. The van der Waals surface area contributed by atoms with E-state index in [-0.39, 0.29) is 41.5 Å². The zero-order valence-electron chi connectivity index (χ0n) is 20.2. The number of hydrogen-bond donors (Lipinski definition) is 2. The van der Waals surface area contributed by atoms with Crippen molar-refractivity contribution in [3.8, 4) is 11.1 Å². The number of nitrogens with one attached hydrogen (secondary N) is 2. The molecule has 1 aliphatic rings. The second-order valence-electron chi connectivity index (χ2n) is 8.32. The summed E-state index contributed by atoms with van der Waals surface area (Å²) in [7, 11) is 0. The Morgan fingerprint density at radius 2 is 1.74 bits per heavy atom. The van der Waals surface area contributed by atoms with E-state index in [1.165, 1.54) is 31.2 Å². The van der Waals surface area contributed by atoms with Crippen molar-refractivity contribution in [2.75, 3.05) is 23.3 Å². The van der Waals surface area contributed by atoms with Crippen molar-refractivity contribution in [3.63, 3.8) is 0 Å². The maximum absolute atomic E-state index is 14.9. The van der Waals surface area contributed by atoms with Crippen LogP contribution in [-0.4, -0.2) is 43.5 Å². The largest absolute Gasteiger partial charge is 0.442 e. The van der Waals surface area contributed by atoms with E-state index in [1.54, 1.807) is 0 Å². The van der Waals surface area contributed by atoms with Gasteiger partial charge in [-0.2, -0.15) is 0 Å². The molecular formula is C26H20F4N4O5. The maximum atomic E-state index is 14.9. The Balaban J connectivity index is 1.43. The van der Waals surface area contributed by atoms with Gasteiger partial charge in [-0.05, 0) is 54.1 Å². The van der Waals surface area contributed by atoms with Gasteiger partial charge < -0.3 is 10.1 Å². The molecule has 1 aliphatic heterocycles. The van der Waals surface area contributed by atoms with Crippen molar-refractivity contribution in [2.24, 2.45) is 5.16 Å². The summed E-state index contributed by atoms with van der Waals surface area (Å²) in [4.78, 5) is 40.5. The van der Waals surface area contributed by atoms with Gasteiger partial charge in [0.15, 0.2) is 0 Å². The number of hydrogen-bond acceptors (Lipinski definition) is 6. The summed E-state index contributed by atoms with van der Waals surface area (Å²) >= 11 is 0. The van der Waals surface area contributed by atoms with Gasteiger partial charge in [0.25, 0.3) is 0 Å². The number of oxime groups is 1. The van der Waals surface area contributed by atoms with E-state index in [0.29, 0.717) is 0 Å². The van der Waals surface area contributed by atoms with Crippen LogP contribution in [0.1, 0.15) is 12.5 Å².